The minimum Gasteiger partial charge on any atom is -0.490 e. The molecule has 0 aromatic heterocycles. The van der Waals surface area contributed by atoms with Crippen molar-refractivity contribution in [3.05, 3.63) is 53.3 Å². The summed E-state index contributed by atoms with van der Waals surface area (Å²) < 4.78 is 60.4. The van der Waals surface area contributed by atoms with Crippen LogP contribution >= 0.6 is 0 Å². The summed E-state index contributed by atoms with van der Waals surface area (Å²) in [5, 5.41) is 0. The summed E-state index contributed by atoms with van der Waals surface area (Å²) in [6.45, 7) is 5.37. The highest BCUT2D eigenvalue weighted by molar-refractivity contribution is 5.66. The number of hydrogen-bond donors (Lipinski definition) is 0. The first-order chi connectivity index (χ1) is 15.0. The van der Waals surface area contributed by atoms with Crippen molar-refractivity contribution in [2.75, 3.05) is 19.8 Å². The van der Waals surface area contributed by atoms with E-state index in [1.54, 1.807) is 12.1 Å². The normalized spacial score (nSPS) is 18.9. The number of hydrogen-bond acceptors (Lipinski definition) is 3. The van der Waals surface area contributed by atoms with E-state index in [1.807, 2.05) is 6.92 Å². The van der Waals surface area contributed by atoms with Crippen LogP contribution in [-0.2, 0) is 9.47 Å². The van der Waals surface area contributed by atoms with Gasteiger partial charge in [0, 0.05) is 18.1 Å². The van der Waals surface area contributed by atoms with Gasteiger partial charge in [-0.25, -0.2) is 8.78 Å². The summed E-state index contributed by atoms with van der Waals surface area (Å²) in [6, 6.07) is 7.32. The average Bonchev–Trinajstić information content (AvgIpc) is 2.78. The molecule has 0 N–H and O–H groups in total. The van der Waals surface area contributed by atoms with Crippen molar-refractivity contribution in [2.24, 2.45) is 0 Å². The van der Waals surface area contributed by atoms with E-state index in [0.29, 0.717) is 38.2 Å². The molecule has 1 heterocycles. The number of halogens is 3. The van der Waals surface area contributed by atoms with Crippen molar-refractivity contribution < 1.29 is 27.4 Å². The number of rotatable bonds is 10. The van der Waals surface area contributed by atoms with Gasteiger partial charge in [-0.15, -0.1) is 0 Å². The zero-order chi connectivity index (χ0) is 22.2. The second-order valence-electron chi connectivity index (χ2n) is 7.94. The largest absolute Gasteiger partial charge is 0.490 e. The lowest BCUT2D eigenvalue weighted by molar-refractivity contribution is -0.167. The molecule has 0 radical (unpaired) electrons. The molecular weight excluding hydrogens is 405 g/mol. The maximum absolute atomic E-state index is 14.9. The molecule has 1 aliphatic rings. The quantitative estimate of drug-likeness (QED) is 0.376. The molecule has 0 aliphatic carbocycles. The number of unbranched alkanes of at least 4 members (excludes halogenated alkanes) is 2. The maximum Gasteiger partial charge on any atom is 0.201 e. The molecule has 2 aromatic rings. The molecule has 0 bridgehead atoms. The Morgan fingerprint density at radius 2 is 1.77 bits per heavy atom. The Labute approximate surface area is 182 Å². The van der Waals surface area contributed by atoms with Crippen LogP contribution in [0.1, 0.15) is 63.9 Å². The van der Waals surface area contributed by atoms with Gasteiger partial charge in [0.25, 0.3) is 0 Å². The fourth-order valence-electron chi connectivity index (χ4n) is 3.77. The van der Waals surface area contributed by atoms with Crippen LogP contribution in [0.15, 0.2) is 30.3 Å². The van der Waals surface area contributed by atoms with Gasteiger partial charge in [0.1, 0.15) is 5.82 Å². The first kappa shape index (κ1) is 23.6. The highest BCUT2D eigenvalue weighted by Crippen LogP contribution is 2.34. The fourth-order valence-corrected chi connectivity index (χ4v) is 3.77. The Balaban J connectivity index is 1.65. The lowest BCUT2D eigenvalue weighted by Gasteiger charge is -2.29. The molecule has 1 aliphatic heterocycles. The Morgan fingerprint density at radius 3 is 2.45 bits per heavy atom. The van der Waals surface area contributed by atoms with E-state index in [2.05, 4.69) is 6.92 Å². The molecule has 0 amide bonds. The van der Waals surface area contributed by atoms with E-state index in [9.17, 15) is 13.2 Å². The maximum atomic E-state index is 14.9. The van der Waals surface area contributed by atoms with Gasteiger partial charge in [-0.3, -0.25) is 0 Å². The number of ether oxygens (including phenoxy) is 3. The lowest BCUT2D eigenvalue weighted by atomic mass is 9.91. The molecule has 6 heteroatoms. The van der Waals surface area contributed by atoms with E-state index in [1.165, 1.54) is 18.2 Å². The Morgan fingerprint density at radius 1 is 0.935 bits per heavy atom. The molecule has 31 heavy (non-hydrogen) atoms. The number of benzene rings is 2. The predicted octanol–water partition coefficient (Wildman–Crippen LogP) is 6.99. The molecule has 2 aromatic carbocycles. The second kappa shape index (κ2) is 11.5. The summed E-state index contributed by atoms with van der Waals surface area (Å²) in [7, 11) is 0. The first-order valence-electron chi connectivity index (χ1n) is 11.2. The molecule has 1 saturated heterocycles. The minimum atomic E-state index is -1.05. The molecule has 170 valence electrons. The molecule has 3 nitrogen and oxygen atoms in total. The van der Waals surface area contributed by atoms with Crippen LogP contribution in [0.25, 0.3) is 11.1 Å². The summed E-state index contributed by atoms with van der Waals surface area (Å²) in [5.74, 6) is -2.76. The van der Waals surface area contributed by atoms with Crippen molar-refractivity contribution in [1.29, 1.82) is 0 Å². The standard InChI is InChI=1S/C25H31F3O3/c1-3-5-6-14-30-23-12-8-18(16-31-23)19-9-7-17(15-21(19)26)20-10-11-22(29-13-4-2)25(28)24(20)27/h7,9-11,15,18,23H,3-6,8,12-14,16H2,1-2H3. The summed E-state index contributed by atoms with van der Waals surface area (Å²) >= 11 is 0. The Hall–Kier alpha value is -2.05. The van der Waals surface area contributed by atoms with Crippen molar-refractivity contribution in [2.45, 2.75) is 64.6 Å². The van der Waals surface area contributed by atoms with Gasteiger partial charge in [0.15, 0.2) is 17.9 Å². The lowest BCUT2D eigenvalue weighted by Crippen LogP contribution is -2.27. The van der Waals surface area contributed by atoms with Crippen LogP contribution in [-0.4, -0.2) is 26.1 Å². The topological polar surface area (TPSA) is 27.7 Å². The fraction of sp³-hybridized carbons (Fsp3) is 0.520. The molecule has 0 saturated carbocycles. The van der Waals surface area contributed by atoms with Gasteiger partial charge < -0.3 is 14.2 Å². The molecule has 0 spiro atoms. The van der Waals surface area contributed by atoms with Gasteiger partial charge in [-0.05, 0) is 55.0 Å². The molecule has 2 atom stereocenters. The van der Waals surface area contributed by atoms with Crippen LogP contribution in [0.5, 0.6) is 5.75 Å². The van der Waals surface area contributed by atoms with Crippen molar-refractivity contribution in [3.8, 4) is 16.9 Å². The van der Waals surface area contributed by atoms with Crippen molar-refractivity contribution in [3.63, 3.8) is 0 Å². The molecular formula is C25H31F3O3. The van der Waals surface area contributed by atoms with E-state index in [0.717, 1.165) is 25.7 Å². The van der Waals surface area contributed by atoms with Crippen LogP contribution in [0.3, 0.4) is 0 Å². The molecule has 3 rings (SSSR count). The third-order valence-corrected chi connectivity index (χ3v) is 5.55. The molecule has 2 unspecified atom stereocenters. The highest BCUT2D eigenvalue weighted by Gasteiger charge is 2.26. The van der Waals surface area contributed by atoms with E-state index >= 15 is 0 Å². The summed E-state index contributed by atoms with van der Waals surface area (Å²) in [4.78, 5) is 0. The smallest absolute Gasteiger partial charge is 0.201 e. The van der Waals surface area contributed by atoms with Crippen LogP contribution < -0.4 is 4.74 Å². The third kappa shape index (κ3) is 6.01. The van der Waals surface area contributed by atoms with Crippen LogP contribution in [0.2, 0.25) is 0 Å². The Bertz CT molecular complexity index is 848. The third-order valence-electron chi connectivity index (χ3n) is 5.55. The average molecular weight is 437 g/mol. The van der Waals surface area contributed by atoms with Gasteiger partial charge in [0.05, 0.1) is 13.2 Å². The predicted molar refractivity (Wildman–Crippen MR) is 115 cm³/mol. The monoisotopic (exact) mass is 436 g/mol. The van der Waals surface area contributed by atoms with E-state index < -0.39 is 17.5 Å². The van der Waals surface area contributed by atoms with Crippen molar-refractivity contribution >= 4 is 0 Å². The van der Waals surface area contributed by atoms with Gasteiger partial charge in [-0.1, -0.05) is 38.8 Å². The minimum absolute atomic E-state index is 0.00670. The zero-order valence-corrected chi connectivity index (χ0v) is 18.3. The Kier molecular flexibility index (Phi) is 8.79. The van der Waals surface area contributed by atoms with Crippen LogP contribution in [0, 0.1) is 17.5 Å². The first-order valence-corrected chi connectivity index (χ1v) is 11.2. The zero-order valence-electron chi connectivity index (χ0n) is 18.3. The SMILES string of the molecule is CCCCCOC1CCC(c2ccc(-c3ccc(OCCC)c(F)c3F)cc2F)CO1. The summed E-state index contributed by atoms with van der Waals surface area (Å²) in [6.07, 6.45) is 5.19. The van der Waals surface area contributed by atoms with Gasteiger partial charge >= 0.3 is 0 Å². The van der Waals surface area contributed by atoms with Gasteiger partial charge in [0.2, 0.25) is 5.82 Å². The van der Waals surface area contributed by atoms with E-state index in [-0.39, 0.29) is 29.1 Å². The van der Waals surface area contributed by atoms with Gasteiger partial charge in [-0.2, -0.15) is 4.39 Å². The summed E-state index contributed by atoms with van der Waals surface area (Å²) in [5.41, 5.74) is 0.817. The highest BCUT2D eigenvalue weighted by atomic mass is 19.2. The van der Waals surface area contributed by atoms with E-state index in [4.69, 9.17) is 14.2 Å². The van der Waals surface area contributed by atoms with Crippen molar-refractivity contribution in [1.82, 2.24) is 0 Å². The molecule has 1 fully saturated rings. The van der Waals surface area contributed by atoms with Crippen LogP contribution in [0.4, 0.5) is 13.2 Å². The second-order valence-corrected chi connectivity index (χ2v) is 7.94.